The van der Waals surface area contributed by atoms with Crippen molar-refractivity contribution in [3.8, 4) is 0 Å². The van der Waals surface area contributed by atoms with Crippen LogP contribution in [0.5, 0.6) is 0 Å². The number of hydrogen-bond acceptors (Lipinski definition) is 1. The van der Waals surface area contributed by atoms with E-state index in [4.69, 9.17) is 23.2 Å². The second kappa shape index (κ2) is 5.40. The van der Waals surface area contributed by atoms with Crippen molar-refractivity contribution in [2.24, 2.45) is 0 Å². The van der Waals surface area contributed by atoms with E-state index in [9.17, 15) is 0 Å². The van der Waals surface area contributed by atoms with Crippen LogP contribution in [-0.4, -0.2) is 13.1 Å². The van der Waals surface area contributed by atoms with Crippen LogP contribution in [0.2, 0.25) is 10.0 Å². The first kappa shape index (κ1) is 13.9. The number of hydrogen-bond donors (Lipinski definition) is 1. The summed E-state index contributed by atoms with van der Waals surface area (Å²) >= 11 is 12.5. The van der Waals surface area contributed by atoms with Crippen LogP contribution >= 0.6 is 23.2 Å². The molecular formula is C17H17Cl2N. The van der Waals surface area contributed by atoms with Crippen molar-refractivity contribution in [3.63, 3.8) is 0 Å². The quantitative estimate of drug-likeness (QED) is 0.887. The second-order valence-corrected chi connectivity index (χ2v) is 6.51. The maximum absolute atomic E-state index is 6.39. The Labute approximate surface area is 129 Å². The number of halogens is 2. The summed E-state index contributed by atoms with van der Waals surface area (Å²) in [6, 6.07) is 14.5. The first-order valence-corrected chi connectivity index (χ1v) is 7.56. The van der Waals surface area contributed by atoms with Gasteiger partial charge in [-0.05, 0) is 48.2 Å². The van der Waals surface area contributed by atoms with E-state index < -0.39 is 0 Å². The molecule has 20 heavy (non-hydrogen) atoms. The van der Waals surface area contributed by atoms with Crippen LogP contribution < -0.4 is 5.32 Å². The van der Waals surface area contributed by atoms with Gasteiger partial charge in [-0.15, -0.1) is 0 Å². The predicted molar refractivity (Wildman–Crippen MR) is 85.9 cm³/mol. The molecule has 3 rings (SSSR count). The molecule has 0 saturated carbocycles. The van der Waals surface area contributed by atoms with E-state index in [1.54, 1.807) is 0 Å². The number of aryl methyl sites for hydroxylation is 1. The van der Waals surface area contributed by atoms with E-state index in [2.05, 4.69) is 36.5 Å². The molecule has 1 heterocycles. The van der Waals surface area contributed by atoms with Crippen molar-refractivity contribution < 1.29 is 0 Å². The monoisotopic (exact) mass is 305 g/mol. The summed E-state index contributed by atoms with van der Waals surface area (Å²) in [5.74, 6) is 0. The van der Waals surface area contributed by atoms with Gasteiger partial charge in [-0.1, -0.05) is 47.5 Å². The molecule has 0 spiro atoms. The fourth-order valence-electron chi connectivity index (χ4n) is 2.84. The Morgan fingerprint density at radius 1 is 1.10 bits per heavy atom. The molecular weight excluding hydrogens is 289 g/mol. The molecule has 2 aromatic carbocycles. The van der Waals surface area contributed by atoms with Gasteiger partial charge in [0.15, 0.2) is 0 Å². The van der Waals surface area contributed by atoms with Crippen LogP contribution in [0.3, 0.4) is 0 Å². The van der Waals surface area contributed by atoms with Gasteiger partial charge < -0.3 is 5.32 Å². The summed E-state index contributed by atoms with van der Waals surface area (Å²) in [4.78, 5) is 0. The van der Waals surface area contributed by atoms with Gasteiger partial charge in [0.2, 0.25) is 0 Å². The van der Waals surface area contributed by atoms with Gasteiger partial charge in [0.1, 0.15) is 0 Å². The lowest BCUT2D eigenvalue weighted by Gasteiger charge is -2.43. The highest BCUT2D eigenvalue weighted by molar-refractivity contribution is 6.31. The molecule has 0 bridgehead atoms. The van der Waals surface area contributed by atoms with Crippen molar-refractivity contribution in [2.45, 2.75) is 18.8 Å². The maximum Gasteiger partial charge on any atom is 0.0440 e. The molecule has 2 aromatic rings. The molecule has 0 aromatic heterocycles. The first-order valence-electron chi connectivity index (χ1n) is 6.81. The standard InChI is InChI=1S/C17H17Cl2N/c1-12-5-6-13(16(19)7-12)9-17(10-20-11-17)14-3-2-4-15(18)8-14/h2-8,20H,9-11H2,1H3. The summed E-state index contributed by atoms with van der Waals surface area (Å²) in [5, 5.41) is 5.04. The van der Waals surface area contributed by atoms with Gasteiger partial charge in [0, 0.05) is 28.5 Å². The molecule has 0 unspecified atom stereocenters. The van der Waals surface area contributed by atoms with Crippen molar-refractivity contribution in [1.82, 2.24) is 5.32 Å². The van der Waals surface area contributed by atoms with Gasteiger partial charge in [-0.2, -0.15) is 0 Å². The smallest absolute Gasteiger partial charge is 0.0440 e. The van der Waals surface area contributed by atoms with Crippen molar-refractivity contribution >= 4 is 23.2 Å². The molecule has 0 aliphatic carbocycles. The first-order chi connectivity index (χ1) is 9.59. The Balaban J connectivity index is 1.94. The van der Waals surface area contributed by atoms with E-state index in [1.165, 1.54) is 16.7 Å². The fourth-order valence-corrected chi connectivity index (χ4v) is 3.33. The highest BCUT2D eigenvalue weighted by Gasteiger charge is 2.39. The Kier molecular flexibility index (Phi) is 3.76. The van der Waals surface area contributed by atoms with Crippen LogP contribution in [0, 0.1) is 6.92 Å². The van der Waals surface area contributed by atoms with E-state index in [0.717, 1.165) is 29.6 Å². The van der Waals surface area contributed by atoms with Gasteiger partial charge in [0.05, 0.1) is 0 Å². The van der Waals surface area contributed by atoms with Crippen LogP contribution in [0.4, 0.5) is 0 Å². The summed E-state index contributed by atoms with van der Waals surface area (Å²) in [7, 11) is 0. The number of benzene rings is 2. The largest absolute Gasteiger partial charge is 0.315 e. The second-order valence-electron chi connectivity index (χ2n) is 5.67. The zero-order valence-electron chi connectivity index (χ0n) is 11.4. The Hall–Kier alpha value is -1.02. The molecule has 0 atom stereocenters. The molecule has 1 aliphatic rings. The zero-order valence-corrected chi connectivity index (χ0v) is 12.9. The van der Waals surface area contributed by atoms with Crippen LogP contribution in [0.15, 0.2) is 42.5 Å². The third kappa shape index (κ3) is 2.58. The molecule has 1 N–H and O–H groups in total. The summed E-state index contributed by atoms with van der Waals surface area (Å²) in [6.45, 7) is 4.00. The average molecular weight is 306 g/mol. The zero-order chi connectivity index (χ0) is 14.2. The fraction of sp³-hybridized carbons (Fsp3) is 0.294. The minimum atomic E-state index is 0.115. The molecule has 1 saturated heterocycles. The molecule has 3 heteroatoms. The maximum atomic E-state index is 6.39. The Morgan fingerprint density at radius 3 is 2.50 bits per heavy atom. The Morgan fingerprint density at radius 2 is 1.90 bits per heavy atom. The van der Waals surface area contributed by atoms with Gasteiger partial charge in [0.25, 0.3) is 0 Å². The molecule has 1 nitrogen and oxygen atoms in total. The van der Waals surface area contributed by atoms with Crippen molar-refractivity contribution in [1.29, 1.82) is 0 Å². The third-order valence-corrected chi connectivity index (χ3v) is 4.69. The number of nitrogens with one attached hydrogen (secondary N) is 1. The molecule has 0 radical (unpaired) electrons. The van der Waals surface area contributed by atoms with E-state index in [1.807, 2.05) is 18.2 Å². The number of rotatable bonds is 3. The lowest BCUT2D eigenvalue weighted by molar-refractivity contribution is 0.275. The molecule has 1 aliphatic heterocycles. The topological polar surface area (TPSA) is 12.0 Å². The van der Waals surface area contributed by atoms with Crippen molar-refractivity contribution in [3.05, 3.63) is 69.2 Å². The summed E-state index contributed by atoms with van der Waals surface area (Å²) < 4.78 is 0. The van der Waals surface area contributed by atoms with Crippen LogP contribution in [0.1, 0.15) is 16.7 Å². The van der Waals surface area contributed by atoms with E-state index in [-0.39, 0.29) is 5.41 Å². The molecule has 0 amide bonds. The molecule has 104 valence electrons. The van der Waals surface area contributed by atoms with Crippen LogP contribution in [0.25, 0.3) is 0 Å². The normalized spacial score (nSPS) is 16.8. The summed E-state index contributed by atoms with van der Waals surface area (Å²) in [5.41, 5.74) is 3.81. The SMILES string of the molecule is Cc1ccc(CC2(c3cccc(Cl)c3)CNC2)c(Cl)c1. The third-order valence-electron chi connectivity index (χ3n) is 4.10. The lowest BCUT2D eigenvalue weighted by Crippen LogP contribution is -2.58. The van der Waals surface area contributed by atoms with Crippen molar-refractivity contribution in [2.75, 3.05) is 13.1 Å². The van der Waals surface area contributed by atoms with E-state index in [0.29, 0.717) is 0 Å². The minimum Gasteiger partial charge on any atom is -0.315 e. The van der Waals surface area contributed by atoms with Gasteiger partial charge in [-0.25, -0.2) is 0 Å². The van der Waals surface area contributed by atoms with Crippen LogP contribution in [-0.2, 0) is 11.8 Å². The van der Waals surface area contributed by atoms with E-state index >= 15 is 0 Å². The van der Waals surface area contributed by atoms with Gasteiger partial charge >= 0.3 is 0 Å². The minimum absolute atomic E-state index is 0.115. The van der Waals surface area contributed by atoms with Gasteiger partial charge in [-0.3, -0.25) is 0 Å². The molecule has 1 fully saturated rings. The highest BCUT2D eigenvalue weighted by atomic mass is 35.5. The predicted octanol–water partition coefficient (Wildman–Crippen LogP) is 4.39. The average Bonchev–Trinajstić information content (AvgIpc) is 2.36. The summed E-state index contributed by atoms with van der Waals surface area (Å²) in [6.07, 6.45) is 0.944. The lowest BCUT2D eigenvalue weighted by atomic mass is 9.71. The highest BCUT2D eigenvalue weighted by Crippen LogP contribution is 2.35. The Bertz CT molecular complexity index is 633.